The minimum absolute atomic E-state index is 0.118. The largest absolute Gasteiger partial charge is 0.338 e. The predicted molar refractivity (Wildman–Crippen MR) is 79.3 cm³/mol. The smallest absolute Gasteiger partial charge is 0.306 e. The van der Waals surface area contributed by atoms with E-state index < -0.39 is 0 Å². The van der Waals surface area contributed by atoms with Gasteiger partial charge in [0.15, 0.2) is 0 Å². The number of hydrogen-bond donors (Lipinski definition) is 1. The first-order valence-electron chi connectivity index (χ1n) is 6.24. The van der Waals surface area contributed by atoms with Gasteiger partial charge in [0.1, 0.15) is 0 Å². The van der Waals surface area contributed by atoms with Gasteiger partial charge < -0.3 is 5.32 Å². The molecule has 1 fully saturated rings. The highest BCUT2D eigenvalue weighted by atomic mass is 35.5. The first kappa shape index (κ1) is 14.5. The molecule has 0 aliphatic carbocycles. The predicted octanol–water partition coefficient (Wildman–Crippen LogP) is 2.58. The van der Waals surface area contributed by atoms with Crippen molar-refractivity contribution < 1.29 is 9.28 Å². The van der Waals surface area contributed by atoms with Crippen molar-refractivity contribution >= 4 is 35.2 Å². The maximum Gasteiger partial charge on any atom is 0.338 e. The van der Waals surface area contributed by atoms with Crippen LogP contribution < -0.4 is 5.32 Å². The average molecular weight is 300 g/mol. The first-order chi connectivity index (χ1) is 9.01. The summed E-state index contributed by atoms with van der Waals surface area (Å²) in [5, 5.41) is 4.28. The number of hydrogen-bond acceptors (Lipinski definition) is 2. The molecule has 0 radical (unpaired) electrons. The molecule has 5 heteroatoms. The van der Waals surface area contributed by atoms with Crippen molar-refractivity contribution in [2.24, 2.45) is 0 Å². The molecule has 1 saturated heterocycles. The van der Waals surface area contributed by atoms with E-state index in [9.17, 15) is 4.79 Å². The van der Waals surface area contributed by atoms with Crippen molar-refractivity contribution in [2.45, 2.75) is 0 Å². The van der Waals surface area contributed by atoms with Gasteiger partial charge in [-0.2, -0.15) is 0 Å². The molecule has 0 bridgehead atoms. The normalized spacial score (nSPS) is 18.7. The van der Waals surface area contributed by atoms with Crippen molar-refractivity contribution in [3.8, 4) is 0 Å². The Balaban J connectivity index is 2.09. The monoisotopic (exact) mass is 299 g/mol. The Morgan fingerprint density at radius 1 is 1.26 bits per heavy atom. The molecule has 1 aromatic carbocycles. The summed E-state index contributed by atoms with van der Waals surface area (Å²) >= 11 is 11.8. The molecule has 0 aromatic heterocycles. The molecule has 1 aliphatic heterocycles. The van der Waals surface area contributed by atoms with Crippen LogP contribution in [-0.2, 0) is 4.79 Å². The van der Waals surface area contributed by atoms with Gasteiger partial charge in [-0.3, -0.25) is 4.48 Å². The minimum atomic E-state index is 0.118. The summed E-state index contributed by atoms with van der Waals surface area (Å²) in [4.78, 5) is 12.2. The van der Waals surface area contributed by atoms with Gasteiger partial charge in [0.2, 0.25) is 0 Å². The fraction of sp³-hybridized carbons (Fsp3) is 0.357. The van der Waals surface area contributed by atoms with Crippen molar-refractivity contribution in [1.29, 1.82) is 0 Å². The zero-order valence-electron chi connectivity index (χ0n) is 10.8. The fourth-order valence-corrected chi connectivity index (χ4v) is 2.38. The van der Waals surface area contributed by atoms with Gasteiger partial charge in [-0.15, -0.1) is 0 Å². The summed E-state index contributed by atoms with van der Waals surface area (Å²) in [6.07, 6.45) is 3.42. The van der Waals surface area contributed by atoms with Crippen LogP contribution in [0.2, 0.25) is 10.0 Å². The molecule has 102 valence electrons. The molecule has 19 heavy (non-hydrogen) atoms. The van der Waals surface area contributed by atoms with Crippen LogP contribution in [0.3, 0.4) is 0 Å². The van der Waals surface area contributed by atoms with Crippen LogP contribution >= 0.6 is 23.2 Å². The Morgan fingerprint density at radius 2 is 1.95 bits per heavy atom. The Bertz CT molecular complexity index is 508. The van der Waals surface area contributed by atoms with Gasteiger partial charge in [0.25, 0.3) is 0 Å². The van der Waals surface area contributed by atoms with Crippen LogP contribution in [0, 0.1) is 0 Å². The van der Waals surface area contributed by atoms with E-state index >= 15 is 0 Å². The second-order valence-electron chi connectivity index (χ2n) is 4.94. The number of quaternary nitrogens is 1. The Kier molecular flexibility index (Phi) is 4.63. The van der Waals surface area contributed by atoms with Gasteiger partial charge in [0.05, 0.1) is 30.2 Å². The Labute approximate surface area is 123 Å². The number of benzene rings is 1. The molecule has 1 aliphatic rings. The third-order valence-corrected chi connectivity index (χ3v) is 4.20. The van der Waals surface area contributed by atoms with Crippen molar-refractivity contribution in [1.82, 2.24) is 5.32 Å². The SMILES string of the molecule is C[N+]1(C(=O)/C=C/c2ccc(Cl)c(Cl)c2)CCNCC1. The maximum absolute atomic E-state index is 12.2. The van der Waals surface area contributed by atoms with E-state index in [1.54, 1.807) is 24.3 Å². The van der Waals surface area contributed by atoms with E-state index in [1.807, 2.05) is 13.1 Å². The minimum Gasteiger partial charge on any atom is -0.306 e. The number of rotatable bonds is 2. The van der Waals surface area contributed by atoms with Crippen molar-refractivity contribution in [2.75, 3.05) is 33.2 Å². The Hall–Kier alpha value is -0.870. The molecular formula is C14H17Cl2N2O+. The zero-order valence-corrected chi connectivity index (χ0v) is 12.3. The molecule has 1 amide bonds. The molecule has 1 heterocycles. The second kappa shape index (κ2) is 6.06. The molecular weight excluding hydrogens is 283 g/mol. The highest BCUT2D eigenvalue weighted by Crippen LogP contribution is 2.23. The van der Waals surface area contributed by atoms with Crippen LogP contribution in [0.1, 0.15) is 5.56 Å². The third kappa shape index (κ3) is 3.57. The van der Waals surface area contributed by atoms with Crippen LogP contribution in [0.4, 0.5) is 0 Å². The summed E-state index contributed by atoms with van der Waals surface area (Å²) in [6, 6.07) is 5.33. The van der Waals surface area contributed by atoms with Gasteiger partial charge >= 0.3 is 5.91 Å². The number of nitrogens with zero attached hydrogens (tertiary/aromatic N) is 1. The van der Waals surface area contributed by atoms with Gasteiger partial charge in [-0.25, -0.2) is 4.79 Å². The van der Waals surface area contributed by atoms with E-state index in [-0.39, 0.29) is 5.91 Å². The average Bonchev–Trinajstić information content (AvgIpc) is 2.40. The number of piperazine rings is 1. The van der Waals surface area contributed by atoms with Crippen LogP contribution in [0.5, 0.6) is 0 Å². The topological polar surface area (TPSA) is 29.1 Å². The molecule has 0 saturated carbocycles. The zero-order chi connectivity index (χ0) is 13.9. The van der Waals surface area contributed by atoms with Crippen LogP contribution in [0.25, 0.3) is 6.08 Å². The summed E-state index contributed by atoms with van der Waals surface area (Å²) in [5.41, 5.74) is 0.879. The quantitative estimate of drug-likeness (QED) is 0.672. The van der Waals surface area contributed by atoms with Gasteiger partial charge in [0, 0.05) is 19.2 Å². The lowest BCUT2D eigenvalue weighted by molar-refractivity contribution is -0.834. The number of nitrogens with one attached hydrogen (secondary N) is 1. The molecule has 0 spiro atoms. The highest BCUT2D eigenvalue weighted by molar-refractivity contribution is 6.42. The van der Waals surface area contributed by atoms with Crippen molar-refractivity contribution in [3.63, 3.8) is 0 Å². The summed E-state index contributed by atoms with van der Waals surface area (Å²) < 4.78 is 0.449. The molecule has 0 atom stereocenters. The van der Waals surface area contributed by atoms with E-state index in [0.717, 1.165) is 31.7 Å². The number of halogens is 2. The van der Waals surface area contributed by atoms with Gasteiger partial charge in [-0.1, -0.05) is 29.3 Å². The molecule has 2 rings (SSSR count). The molecule has 1 N–H and O–H groups in total. The summed E-state index contributed by atoms with van der Waals surface area (Å²) in [7, 11) is 1.97. The third-order valence-electron chi connectivity index (χ3n) is 3.46. The number of likely N-dealkylation sites (N-methyl/N-ethyl adjacent to an activating group) is 1. The second-order valence-corrected chi connectivity index (χ2v) is 5.75. The van der Waals surface area contributed by atoms with E-state index in [0.29, 0.717) is 14.5 Å². The lowest BCUT2D eigenvalue weighted by Gasteiger charge is -2.34. The van der Waals surface area contributed by atoms with E-state index in [2.05, 4.69) is 5.32 Å². The molecule has 1 aromatic rings. The summed E-state index contributed by atoms with van der Waals surface area (Å²) in [6.45, 7) is 3.40. The van der Waals surface area contributed by atoms with Crippen molar-refractivity contribution in [3.05, 3.63) is 39.9 Å². The highest BCUT2D eigenvalue weighted by Gasteiger charge is 2.31. The number of carbonyl (C=O) groups excluding carboxylic acids is 1. The molecule has 3 nitrogen and oxygen atoms in total. The van der Waals surface area contributed by atoms with Gasteiger partial charge in [-0.05, 0) is 23.8 Å². The Morgan fingerprint density at radius 3 is 2.58 bits per heavy atom. The van der Waals surface area contributed by atoms with E-state index in [4.69, 9.17) is 23.2 Å². The van der Waals surface area contributed by atoms with Crippen LogP contribution in [-0.4, -0.2) is 43.6 Å². The fourth-order valence-electron chi connectivity index (χ4n) is 2.07. The lowest BCUT2D eigenvalue weighted by Crippen LogP contribution is -2.58. The summed E-state index contributed by atoms with van der Waals surface area (Å²) in [5.74, 6) is 0.118. The standard InChI is InChI=1S/C14H17Cl2N2O/c1-18(8-6-17-7-9-18)14(19)5-3-11-2-4-12(15)13(16)10-11/h2-5,10,17H,6-9H2,1H3/q+1/b5-3+. The van der Waals surface area contributed by atoms with E-state index in [1.165, 1.54) is 0 Å². The van der Waals surface area contributed by atoms with Crippen LogP contribution in [0.15, 0.2) is 24.3 Å². The maximum atomic E-state index is 12.2. The molecule has 0 unspecified atom stereocenters. The number of amides is 1. The first-order valence-corrected chi connectivity index (χ1v) is 7.00. The number of carbonyl (C=O) groups is 1. The lowest BCUT2D eigenvalue weighted by atomic mass is 10.2.